The number of H-pyrrole nitrogens is 1. The molecule has 8 nitrogen and oxygen atoms in total. The van der Waals surface area contributed by atoms with Gasteiger partial charge in [0.15, 0.2) is 11.6 Å². The molecule has 1 saturated carbocycles. The average Bonchev–Trinajstić information content (AvgIpc) is 3.41. The summed E-state index contributed by atoms with van der Waals surface area (Å²) >= 11 is 3.46. The van der Waals surface area contributed by atoms with Crippen LogP contribution >= 0.6 is 15.9 Å². The van der Waals surface area contributed by atoms with E-state index in [9.17, 15) is 5.11 Å². The van der Waals surface area contributed by atoms with Gasteiger partial charge in [-0.05, 0) is 46.5 Å². The maximum atomic E-state index is 9.75. The Bertz CT molecular complexity index is 957. The second-order valence-corrected chi connectivity index (χ2v) is 7.25. The maximum absolute atomic E-state index is 9.75. The number of hydrogen-bond donors (Lipinski definition) is 4. The van der Waals surface area contributed by atoms with E-state index >= 15 is 0 Å². The molecule has 4 rings (SSSR count). The van der Waals surface area contributed by atoms with Gasteiger partial charge in [0.2, 0.25) is 5.95 Å². The molecule has 1 aliphatic carbocycles. The van der Waals surface area contributed by atoms with E-state index in [2.05, 4.69) is 46.7 Å². The van der Waals surface area contributed by atoms with Crippen molar-refractivity contribution in [3.63, 3.8) is 0 Å². The van der Waals surface area contributed by atoms with Gasteiger partial charge in [-0.15, -0.1) is 0 Å². The first-order chi connectivity index (χ1) is 13.1. The summed E-state index contributed by atoms with van der Waals surface area (Å²) < 4.78 is 5.91. The summed E-state index contributed by atoms with van der Waals surface area (Å²) in [5.41, 5.74) is 2.01. The summed E-state index contributed by atoms with van der Waals surface area (Å²) in [6.45, 7) is 0.445. The highest BCUT2D eigenvalue weighted by Gasteiger charge is 2.25. The zero-order valence-electron chi connectivity index (χ0n) is 14.7. The van der Waals surface area contributed by atoms with Crippen LogP contribution in [0.25, 0.3) is 0 Å². The first kappa shape index (κ1) is 17.6. The summed E-state index contributed by atoms with van der Waals surface area (Å²) in [5.74, 6) is 3.15. The number of phenols is 1. The van der Waals surface area contributed by atoms with Gasteiger partial charge in [0.05, 0.1) is 11.6 Å². The first-order valence-electron chi connectivity index (χ1n) is 8.56. The highest BCUT2D eigenvalue weighted by atomic mass is 79.9. The van der Waals surface area contributed by atoms with E-state index < -0.39 is 0 Å². The molecule has 0 aliphatic heterocycles. The number of benzene rings is 1. The van der Waals surface area contributed by atoms with Crippen LogP contribution in [0.3, 0.4) is 0 Å². The van der Waals surface area contributed by atoms with Crippen molar-refractivity contribution in [2.24, 2.45) is 0 Å². The number of anilines is 3. The van der Waals surface area contributed by atoms with Crippen molar-refractivity contribution < 1.29 is 9.84 Å². The number of hydrogen-bond acceptors (Lipinski definition) is 7. The van der Waals surface area contributed by atoms with Gasteiger partial charge in [0.25, 0.3) is 0 Å². The Morgan fingerprint density at radius 2 is 2.15 bits per heavy atom. The SMILES string of the molecule is COc1cc(O)cc(CNc2ncc(Br)c(Nc3cc(C4CC4)[nH]n3)n2)c1. The van der Waals surface area contributed by atoms with Crippen LogP contribution in [0.4, 0.5) is 17.6 Å². The van der Waals surface area contributed by atoms with Crippen LogP contribution in [0, 0.1) is 0 Å². The third-order valence-electron chi connectivity index (χ3n) is 4.24. The molecule has 1 aliphatic rings. The number of methoxy groups -OCH3 is 1. The molecule has 1 fully saturated rings. The molecule has 2 aromatic heterocycles. The third kappa shape index (κ3) is 4.30. The molecule has 27 heavy (non-hydrogen) atoms. The van der Waals surface area contributed by atoms with Crippen molar-refractivity contribution >= 4 is 33.5 Å². The Hall–Kier alpha value is -2.81. The molecule has 0 bridgehead atoms. The molecule has 0 spiro atoms. The van der Waals surface area contributed by atoms with Gasteiger partial charge in [-0.25, -0.2) is 4.98 Å². The van der Waals surface area contributed by atoms with Crippen LogP contribution < -0.4 is 15.4 Å². The number of aromatic hydroxyl groups is 1. The lowest BCUT2D eigenvalue weighted by atomic mass is 10.2. The van der Waals surface area contributed by atoms with E-state index in [0.29, 0.717) is 30.0 Å². The lowest BCUT2D eigenvalue weighted by Crippen LogP contribution is -2.06. The fourth-order valence-electron chi connectivity index (χ4n) is 2.71. The minimum Gasteiger partial charge on any atom is -0.508 e. The van der Waals surface area contributed by atoms with Crippen LogP contribution in [-0.4, -0.2) is 32.4 Å². The number of ether oxygens (including phenoxy) is 1. The number of rotatable bonds is 7. The van der Waals surface area contributed by atoms with E-state index in [4.69, 9.17) is 4.74 Å². The summed E-state index contributed by atoms with van der Waals surface area (Å²) in [4.78, 5) is 8.76. The van der Waals surface area contributed by atoms with Gasteiger partial charge in [0.1, 0.15) is 11.5 Å². The summed E-state index contributed by atoms with van der Waals surface area (Å²) in [6, 6.07) is 7.07. The molecule has 140 valence electrons. The van der Waals surface area contributed by atoms with Gasteiger partial charge in [-0.1, -0.05) is 0 Å². The zero-order chi connectivity index (χ0) is 18.8. The smallest absolute Gasteiger partial charge is 0.224 e. The number of aromatic nitrogens is 4. The van der Waals surface area contributed by atoms with Gasteiger partial charge >= 0.3 is 0 Å². The minimum atomic E-state index is 0.148. The second kappa shape index (κ2) is 7.43. The summed E-state index contributed by atoms with van der Waals surface area (Å²) in [7, 11) is 1.56. The van der Waals surface area contributed by atoms with E-state index in [1.54, 1.807) is 25.4 Å². The van der Waals surface area contributed by atoms with E-state index in [0.717, 1.165) is 21.5 Å². The molecule has 0 unspecified atom stereocenters. The molecular weight excluding hydrogens is 412 g/mol. The highest BCUT2D eigenvalue weighted by molar-refractivity contribution is 9.10. The standard InChI is InChI=1S/C18H19BrN6O2/c1-27-13-5-10(4-12(26)6-13)8-20-18-21-9-14(19)17(23-18)22-16-7-15(24-25-16)11-2-3-11/h4-7,9,11,26H,2-3,8H2,1H3,(H3,20,21,22,23,24,25). The fraction of sp³-hybridized carbons (Fsp3) is 0.278. The van der Waals surface area contributed by atoms with Gasteiger partial charge in [-0.2, -0.15) is 10.1 Å². The number of phenolic OH excluding ortho intramolecular Hbond substituents is 1. The van der Waals surface area contributed by atoms with E-state index in [1.165, 1.54) is 12.8 Å². The predicted octanol–water partition coefficient (Wildman–Crippen LogP) is 3.91. The van der Waals surface area contributed by atoms with Crippen molar-refractivity contribution in [2.45, 2.75) is 25.3 Å². The Balaban J connectivity index is 1.45. The molecule has 3 aromatic rings. The fourth-order valence-corrected chi connectivity index (χ4v) is 3.00. The van der Waals surface area contributed by atoms with Crippen LogP contribution in [0.15, 0.2) is 34.9 Å². The van der Waals surface area contributed by atoms with Gasteiger partial charge in [0, 0.05) is 36.5 Å². The van der Waals surface area contributed by atoms with E-state index in [-0.39, 0.29) is 5.75 Å². The molecule has 1 aromatic carbocycles. The first-order valence-corrected chi connectivity index (χ1v) is 9.35. The molecule has 9 heteroatoms. The van der Waals surface area contributed by atoms with Crippen LogP contribution in [0.1, 0.15) is 30.0 Å². The monoisotopic (exact) mass is 430 g/mol. The van der Waals surface area contributed by atoms with Gasteiger partial charge < -0.3 is 20.5 Å². The quantitative estimate of drug-likeness (QED) is 0.449. The average molecular weight is 431 g/mol. The van der Waals surface area contributed by atoms with Crippen molar-refractivity contribution in [1.82, 2.24) is 20.2 Å². The molecule has 0 atom stereocenters. The predicted molar refractivity (Wildman–Crippen MR) is 106 cm³/mol. The number of aromatic amines is 1. The lowest BCUT2D eigenvalue weighted by molar-refractivity contribution is 0.407. The Labute approximate surface area is 164 Å². The minimum absolute atomic E-state index is 0.148. The van der Waals surface area contributed by atoms with Crippen LogP contribution in [-0.2, 0) is 6.54 Å². The van der Waals surface area contributed by atoms with Crippen LogP contribution in [0.2, 0.25) is 0 Å². The molecule has 0 radical (unpaired) electrons. The topological polar surface area (TPSA) is 108 Å². The maximum Gasteiger partial charge on any atom is 0.224 e. The molecule has 0 amide bonds. The summed E-state index contributed by atoms with van der Waals surface area (Å²) in [6.07, 6.45) is 4.11. The van der Waals surface area contributed by atoms with E-state index in [1.807, 2.05) is 12.1 Å². The Kier molecular flexibility index (Phi) is 4.85. The van der Waals surface area contributed by atoms with Gasteiger partial charge in [-0.3, -0.25) is 5.10 Å². The molecular formula is C18H19BrN6O2. The lowest BCUT2D eigenvalue weighted by Gasteiger charge is -2.10. The number of nitrogens with one attached hydrogen (secondary N) is 3. The van der Waals surface area contributed by atoms with Crippen LogP contribution in [0.5, 0.6) is 11.5 Å². The molecule has 4 N–H and O–H groups in total. The number of halogens is 1. The zero-order valence-corrected chi connectivity index (χ0v) is 16.2. The molecule has 2 heterocycles. The van der Waals surface area contributed by atoms with Crippen molar-refractivity contribution in [3.8, 4) is 11.5 Å². The van der Waals surface area contributed by atoms with Crippen molar-refractivity contribution in [3.05, 3.63) is 46.2 Å². The van der Waals surface area contributed by atoms with Crippen molar-refractivity contribution in [2.75, 3.05) is 17.7 Å². The third-order valence-corrected chi connectivity index (χ3v) is 4.82. The largest absolute Gasteiger partial charge is 0.508 e. The second-order valence-electron chi connectivity index (χ2n) is 6.39. The normalized spacial score (nSPS) is 13.4. The molecule has 0 saturated heterocycles. The highest BCUT2D eigenvalue weighted by Crippen LogP contribution is 2.39. The number of nitrogens with zero attached hydrogens (tertiary/aromatic N) is 3. The Morgan fingerprint density at radius 3 is 2.93 bits per heavy atom. The Morgan fingerprint density at radius 1 is 1.30 bits per heavy atom. The van der Waals surface area contributed by atoms with Crippen molar-refractivity contribution in [1.29, 1.82) is 0 Å². The summed E-state index contributed by atoms with van der Waals surface area (Å²) in [5, 5.41) is 23.4.